The molecule has 1 fully saturated rings. The number of nitrogens with one attached hydrogen (secondary N) is 1. The highest BCUT2D eigenvalue weighted by molar-refractivity contribution is 6.28. The van der Waals surface area contributed by atoms with Gasteiger partial charge in [-0.1, -0.05) is 12.1 Å². The lowest BCUT2D eigenvalue weighted by molar-refractivity contribution is 0.102. The molecule has 0 spiro atoms. The summed E-state index contributed by atoms with van der Waals surface area (Å²) in [5.41, 5.74) is 2.63. The zero-order valence-electron chi connectivity index (χ0n) is 14.5. The molecule has 2 aromatic rings. The summed E-state index contributed by atoms with van der Waals surface area (Å²) < 4.78 is 0. The molecule has 0 saturated carbocycles. The summed E-state index contributed by atoms with van der Waals surface area (Å²) >= 11 is 5.78. The Bertz CT molecular complexity index is 673. The van der Waals surface area contributed by atoms with Crippen molar-refractivity contribution in [1.29, 1.82) is 0 Å². The van der Waals surface area contributed by atoms with E-state index >= 15 is 0 Å². The molecular weight excluding hydrogens is 322 g/mol. The van der Waals surface area contributed by atoms with Gasteiger partial charge in [0.15, 0.2) is 0 Å². The number of nitrogens with zero attached hydrogens (tertiary/aromatic N) is 4. The summed E-state index contributed by atoms with van der Waals surface area (Å²) in [6.45, 7) is 9.21. The van der Waals surface area contributed by atoms with Crippen molar-refractivity contribution < 1.29 is 0 Å². The van der Waals surface area contributed by atoms with Crippen molar-refractivity contribution in [1.82, 2.24) is 19.9 Å². The molecule has 6 heteroatoms. The fourth-order valence-electron chi connectivity index (χ4n) is 3.19. The standard InChI is InChI=1S/C18H24ClN5/c1-18(2,3)24-10-8-14(9-11-24)13-4-6-15(7-5-13)22-17-21-12-20-16(19)23-17/h4-7,12,14H,8-11H2,1-3H3,(H,20,21,22,23). The highest BCUT2D eigenvalue weighted by atomic mass is 35.5. The SMILES string of the molecule is CC(C)(C)N1CCC(c2ccc(Nc3ncnc(Cl)n3)cc2)CC1. The average Bonchev–Trinajstić information content (AvgIpc) is 2.55. The van der Waals surface area contributed by atoms with E-state index in [0.29, 0.717) is 11.9 Å². The van der Waals surface area contributed by atoms with Gasteiger partial charge in [-0.3, -0.25) is 4.90 Å². The maximum atomic E-state index is 5.78. The van der Waals surface area contributed by atoms with E-state index in [1.807, 2.05) is 0 Å². The van der Waals surface area contributed by atoms with Gasteiger partial charge in [0, 0.05) is 11.2 Å². The summed E-state index contributed by atoms with van der Waals surface area (Å²) in [4.78, 5) is 14.4. The van der Waals surface area contributed by atoms with Crippen molar-refractivity contribution in [3.05, 3.63) is 41.4 Å². The summed E-state index contributed by atoms with van der Waals surface area (Å²) in [6.07, 6.45) is 3.83. The number of aromatic nitrogens is 3. The van der Waals surface area contributed by atoms with Crippen LogP contribution in [0.2, 0.25) is 5.28 Å². The van der Waals surface area contributed by atoms with Gasteiger partial charge in [-0.05, 0) is 81.9 Å². The predicted octanol–water partition coefficient (Wildman–Crippen LogP) is 4.25. The van der Waals surface area contributed by atoms with E-state index in [4.69, 9.17) is 11.6 Å². The van der Waals surface area contributed by atoms with Gasteiger partial charge >= 0.3 is 0 Å². The monoisotopic (exact) mass is 345 g/mol. The molecule has 2 heterocycles. The Morgan fingerprint density at radius 2 is 1.75 bits per heavy atom. The molecule has 0 amide bonds. The molecule has 3 rings (SSSR count). The van der Waals surface area contributed by atoms with Crippen LogP contribution in [0.4, 0.5) is 11.6 Å². The van der Waals surface area contributed by atoms with E-state index in [1.165, 1.54) is 24.7 Å². The Hall–Kier alpha value is -1.72. The van der Waals surface area contributed by atoms with Crippen molar-refractivity contribution in [2.75, 3.05) is 18.4 Å². The quantitative estimate of drug-likeness (QED) is 0.901. The number of halogens is 1. The number of hydrogen-bond acceptors (Lipinski definition) is 5. The minimum Gasteiger partial charge on any atom is -0.324 e. The van der Waals surface area contributed by atoms with Gasteiger partial charge in [-0.25, -0.2) is 9.97 Å². The van der Waals surface area contributed by atoms with E-state index < -0.39 is 0 Å². The Balaban J connectivity index is 1.61. The van der Waals surface area contributed by atoms with Crippen LogP contribution in [0.1, 0.15) is 45.1 Å². The number of benzene rings is 1. The number of rotatable bonds is 3. The van der Waals surface area contributed by atoms with Crippen LogP contribution in [0.5, 0.6) is 0 Å². The van der Waals surface area contributed by atoms with Crippen LogP contribution in [0.25, 0.3) is 0 Å². The maximum absolute atomic E-state index is 5.78. The van der Waals surface area contributed by atoms with Gasteiger partial charge in [-0.2, -0.15) is 4.98 Å². The van der Waals surface area contributed by atoms with Crippen molar-refractivity contribution in [3.8, 4) is 0 Å². The van der Waals surface area contributed by atoms with Crippen molar-refractivity contribution in [2.45, 2.75) is 45.1 Å². The average molecular weight is 346 g/mol. The lowest BCUT2D eigenvalue weighted by atomic mass is 9.87. The summed E-state index contributed by atoms with van der Waals surface area (Å²) in [7, 11) is 0. The van der Waals surface area contributed by atoms with Crippen molar-refractivity contribution >= 4 is 23.2 Å². The molecule has 0 atom stereocenters. The van der Waals surface area contributed by atoms with E-state index in [2.05, 4.69) is 70.2 Å². The van der Waals surface area contributed by atoms with Crippen LogP contribution in [-0.4, -0.2) is 38.5 Å². The van der Waals surface area contributed by atoms with Gasteiger partial charge in [0.05, 0.1) is 0 Å². The second-order valence-corrected chi connectivity index (χ2v) is 7.60. The van der Waals surface area contributed by atoms with Gasteiger partial charge in [0.1, 0.15) is 6.33 Å². The molecule has 0 radical (unpaired) electrons. The summed E-state index contributed by atoms with van der Waals surface area (Å²) in [5, 5.41) is 3.34. The van der Waals surface area contributed by atoms with E-state index in [0.717, 1.165) is 18.8 Å². The van der Waals surface area contributed by atoms with Crippen LogP contribution in [0, 0.1) is 0 Å². The fourth-order valence-corrected chi connectivity index (χ4v) is 3.31. The first-order valence-corrected chi connectivity index (χ1v) is 8.76. The first kappa shape index (κ1) is 17.1. The Labute approximate surface area is 148 Å². The van der Waals surface area contributed by atoms with Crippen LogP contribution in [0.15, 0.2) is 30.6 Å². The second-order valence-electron chi connectivity index (χ2n) is 7.26. The number of piperidine rings is 1. The van der Waals surface area contributed by atoms with Gasteiger partial charge in [-0.15, -0.1) is 0 Å². The summed E-state index contributed by atoms with van der Waals surface area (Å²) in [5.74, 6) is 1.10. The third kappa shape index (κ3) is 4.22. The third-order valence-electron chi connectivity index (χ3n) is 4.62. The normalized spacial score (nSPS) is 17.0. The zero-order chi connectivity index (χ0) is 17.2. The number of anilines is 2. The molecule has 1 aromatic heterocycles. The van der Waals surface area contributed by atoms with Crippen LogP contribution in [0.3, 0.4) is 0 Å². The van der Waals surface area contributed by atoms with Crippen LogP contribution in [-0.2, 0) is 0 Å². The van der Waals surface area contributed by atoms with Gasteiger partial charge < -0.3 is 5.32 Å². The predicted molar refractivity (Wildman–Crippen MR) is 97.9 cm³/mol. The molecule has 5 nitrogen and oxygen atoms in total. The summed E-state index contributed by atoms with van der Waals surface area (Å²) in [6, 6.07) is 8.54. The van der Waals surface area contributed by atoms with E-state index in [1.54, 1.807) is 0 Å². The topological polar surface area (TPSA) is 53.9 Å². The zero-order valence-corrected chi connectivity index (χ0v) is 15.2. The maximum Gasteiger partial charge on any atom is 0.231 e. The first-order chi connectivity index (χ1) is 11.4. The van der Waals surface area contributed by atoms with Gasteiger partial charge in [0.2, 0.25) is 11.2 Å². The number of likely N-dealkylation sites (tertiary alicyclic amines) is 1. The van der Waals surface area contributed by atoms with Crippen LogP contribution < -0.4 is 5.32 Å². The van der Waals surface area contributed by atoms with Crippen LogP contribution >= 0.6 is 11.6 Å². The van der Waals surface area contributed by atoms with E-state index in [-0.39, 0.29) is 10.8 Å². The Morgan fingerprint density at radius 3 is 2.33 bits per heavy atom. The van der Waals surface area contributed by atoms with Crippen molar-refractivity contribution in [2.24, 2.45) is 0 Å². The molecule has 1 aliphatic heterocycles. The smallest absolute Gasteiger partial charge is 0.231 e. The Morgan fingerprint density at radius 1 is 1.08 bits per heavy atom. The largest absolute Gasteiger partial charge is 0.324 e. The fraction of sp³-hybridized carbons (Fsp3) is 0.500. The molecule has 0 bridgehead atoms. The molecular formula is C18H24ClN5. The molecule has 1 aromatic carbocycles. The molecule has 128 valence electrons. The van der Waals surface area contributed by atoms with E-state index in [9.17, 15) is 0 Å². The molecule has 24 heavy (non-hydrogen) atoms. The highest BCUT2D eigenvalue weighted by Crippen LogP contribution is 2.31. The lowest BCUT2D eigenvalue weighted by Crippen LogP contribution is -2.45. The molecule has 0 aliphatic carbocycles. The third-order valence-corrected chi connectivity index (χ3v) is 4.81. The minimum atomic E-state index is 0.190. The molecule has 1 N–H and O–H groups in total. The highest BCUT2D eigenvalue weighted by Gasteiger charge is 2.27. The first-order valence-electron chi connectivity index (χ1n) is 8.38. The number of hydrogen-bond donors (Lipinski definition) is 1. The van der Waals surface area contributed by atoms with Gasteiger partial charge in [0.25, 0.3) is 0 Å². The molecule has 1 aliphatic rings. The molecule has 0 unspecified atom stereocenters. The lowest BCUT2D eigenvalue weighted by Gasteiger charge is -2.41. The van der Waals surface area contributed by atoms with Crippen molar-refractivity contribution in [3.63, 3.8) is 0 Å². The molecule has 1 saturated heterocycles. The Kier molecular flexibility index (Phi) is 5.01. The second kappa shape index (κ2) is 7.03. The minimum absolute atomic E-state index is 0.190.